The van der Waals surface area contributed by atoms with E-state index in [0.717, 1.165) is 48.5 Å². The highest BCUT2D eigenvalue weighted by atomic mass is 19.4. The maximum absolute atomic E-state index is 14.6. The Labute approximate surface area is 242 Å². The molecule has 0 bridgehead atoms. The van der Waals surface area contributed by atoms with Crippen LogP contribution >= 0.6 is 0 Å². The van der Waals surface area contributed by atoms with Gasteiger partial charge in [-0.2, -0.15) is 26.3 Å². The van der Waals surface area contributed by atoms with Gasteiger partial charge >= 0.3 is 12.4 Å². The molecule has 0 saturated carbocycles. The molecule has 4 rings (SSSR count). The predicted molar refractivity (Wildman–Crippen MR) is 147 cm³/mol. The molecule has 2 amide bonds. The summed E-state index contributed by atoms with van der Waals surface area (Å²) in [4.78, 5) is 22.3. The smallest absolute Gasteiger partial charge is 0.411 e. The van der Waals surface area contributed by atoms with Gasteiger partial charge in [0.25, 0.3) is 0 Å². The Morgan fingerprint density at radius 2 is 0.744 bits per heavy atom. The predicted octanol–water partition coefficient (Wildman–Crippen LogP) is 8.60. The summed E-state index contributed by atoms with van der Waals surface area (Å²) in [5.74, 6) is -0.0807. The normalized spacial score (nSPS) is 11.9. The lowest BCUT2D eigenvalue weighted by atomic mass is 9.73. The molecule has 0 radical (unpaired) electrons. The zero-order chi connectivity index (χ0) is 31.4. The minimum absolute atomic E-state index is 0.00236. The number of hydrogen-bond donors (Lipinski definition) is 2. The SMILES string of the molecule is CC(=O)Nc1ccc(Oc2ccc(C(c3ccc(Oc4ccc(NC(C)=O)cc4)cc3)(C(F)(F)F)C(F)(F)F)cc2)cc1. The van der Waals surface area contributed by atoms with Gasteiger partial charge in [0.2, 0.25) is 17.2 Å². The summed E-state index contributed by atoms with van der Waals surface area (Å²) < 4.78 is 98.4. The molecule has 0 aliphatic heterocycles. The average Bonchev–Trinajstić information content (AvgIpc) is 2.91. The second-order valence-corrected chi connectivity index (χ2v) is 9.41. The summed E-state index contributed by atoms with van der Waals surface area (Å²) in [7, 11) is 0. The summed E-state index contributed by atoms with van der Waals surface area (Å²) in [5, 5.41) is 5.12. The van der Waals surface area contributed by atoms with Gasteiger partial charge in [0, 0.05) is 25.2 Å². The summed E-state index contributed by atoms with van der Waals surface area (Å²) >= 11 is 0. The second-order valence-electron chi connectivity index (χ2n) is 9.41. The van der Waals surface area contributed by atoms with Crippen LogP contribution < -0.4 is 20.1 Å². The van der Waals surface area contributed by atoms with E-state index in [2.05, 4.69) is 10.6 Å². The molecule has 0 aromatic heterocycles. The van der Waals surface area contributed by atoms with Gasteiger partial charge in [-0.3, -0.25) is 9.59 Å². The molecule has 224 valence electrons. The van der Waals surface area contributed by atoms with Crippen molar-refractivity contribution in [2.45, 2.75) is 31.6 Å². The van der Waals surface area contributed by atoms with Gasteiger partial charge in [0.05, 0.1) is 0 Å². The van der Waals surface area contributed by atoms with Crippen molar-refractivity contribution in [3.8, 4) is 23.0 Å². The van der Waals surface area contributed by atoms with Gasteiger partial charge in [-0.15, -0.1) is 0 Å². The molecule has 0 fully saturated rings. The highest BCUT2D eigenvalue weighted by molar-refractivity contribution is 5.89. The van der Waals surface area contributed by atoms with E-state index in [4.69, 9.17) is 9.47 Å². The fourth-order valence-electron chi connectivity index (χ4n) is 4.42. The molecule has 4 aromatic rings. The van der Waals surface area contributed by atoms with E-state index >= 15 is 0 Å². The van der Waals surface area contributed by atoms with Crippen molar-refractivity contribution >= 4 is 23.2 Å². The van der Waals surface area contributed by atoms with E-state index in [0.29, 0.717) is 11.4 Å². The molecule has 43 heavy (non-hydrogen) atoms. The molecule has 0 aliphatic carbocycles. The van der Waals surface area contributed by atoms with Crippen molar-refractivity contribution in [3.63, 3.8) is 0 Å². The molecule has 0 aliphatic rings. The number of rotatable bonds is 8. The van der Waals surface area contributed by atoms with Crippen molar-refractivity contribution in [2.75, 3.05) is 10.6 Å². The molecule has 0 atom stereocenters. The van der Waals surface area contributed by atoms with Gasteiger partial charge in [0.15, 0.2) is 0 Å². The lowest BCUT2D eigenvalue weighted by Gasteiger charge is -2.38. The first kappa shape index (κ1) is 30.9. The average molecular weight is 603 g/mol. The Balaban J connectivity index is 1.62. The molecule has 2 N–H and O–H groups in total. The maximum Gasteiger partial charge on any atom is 0.411 e. The summed E-state index contributed by atoms with van der Waals surface area (Å²) in [5.41, 5.74) is -5.50. The first-order valence-electron chi connectivity index (χ1n) is 12.6. The third-order valence-electron chi connectivity index (χ3n) is 6.25. The van der Waals surface area contributed by atoms with Crippen LogP contribution in [-0.2, 0) is 15.0 Å². The summed E-state index contributed by atoms with van der Waals surface area (Å²) in [6.45, 7) is 2.65. The second kappa shape index (κ2) is 12.1. The van der Waals surface area contributed by atoms with Gasteiger partial charge in [-0.1, -0.05) is 24.3 Å². The number of alkyl halides is 6. The summed E-state index contributed by atoms with van der Waals surface area (Å²) in [6, 6.07) is 19.0. The molecule has 0 spiro atoms. The first-order chi connectivity index (χ1) is 20.2. The van der Waals surface area contributed by atoms with E-state index in [1.54, 1.807) is 0 Å². The largest absolute Gasteiger partial charge is 0.457 e. The van der Waals surface area contributed by atoms with Gasteiger partial charge in [-0.25, -0.2) is 0 Å². The van der Waals surface area contributed by atoms with Gasteiger partial charge in [0.1, 0.15) is 23.0 Å². The monoisotopic (exact) mass is 602 g/mol. The molecular weight excluding hydrogens is 578 g/mol. The topological polar surface area (TPSA) is 76.7 Å². The van der Waals surface area contributed by atoms with E-state index < -0.39 is 28.9 Å². The van der Waals surface area contributed by atoms with E-state index in [1.165, 1.54) is 62.4 Å². The third kappa shape index (κ3) is 6.91. The number of benzene rings is 4. The van der Waals surface area contributed by atoms with Gasteiger partial charge in [-0.05, 0) is 83.9 Å². The molecule has 12 heteroatoms. The van der Waals surface area contributed by atoms with E-state index in [-0.39, 0.29) is 34.8 Å². The zero-order valence-electron chi connectivity index (χ0n) is 22.6. The Bertz CT molecular complexity index is 1450. The Morgan fingerprint density at radius 3 is 0.977 bits per heavy atom. The fraction of sp³-hybridized carbons (Fsp3) is 0.161. The highest BCUT2D eigenvalue weighted by Gasteiger charge is 2.72. The molecule has 6 nitrogen and oxygen atoms in total. The van der Waals surface area contributed by atoms with Crippen LogP contribution in [0.4, 0.5) is 37.7 Å². The fourth-order valence-corrected chi connectivity index (χ4v) is 4.42. The standard InChI is InChI=1S/C31H24F6N2O4/c1-19(40)38-23-7-15-27(16-8-23)42-25-11-3-21(4-12-25)29(30(32,33)34,31(35,36)37)22-5-13-26(14-6-22)43-28-17-9-24(10-18-28)39-20(2)41/h3-18H,1-2H3,(H,38,40)(H,39,41). The van der Waals surface area contributed by atoms with Crippen molar-refractivity contribution in [3.05, 3.63) is 108 Å². The number of carbonyl (C=O) groups is 2. The minimum Gasteiger partial charge on any atom is -0.457 e. The maximum atomic E-state index is 14.6. The number of nitrogens with one attached hydrogen (secondary N) is 2. The van der Waals surface area contributed by atoms with Crippen molar-refractivity contribution in [2.24, 2.45) is 0 Å². The quantitative estimate of drug-likeness (QED) is 0.198. The van der Waals surface area contributed by atoms with Crippen molar-refractivity contribution < 1.29 is 45.4 Å². The van der Waals surface area contributed by atoms with Crippen LogP contribution in [0.15, 0.2) is 97.1 Å². The number of anilines is 2. The van der Waals surface area contributed by atoms with Crippen LogP contribution in [0.1, 0.15) is 25.0 Å². The summed E-state index contributed by atoms with van der Waals surface area (Å²) in [6.07, 6.45) is -11.5. The van der Waals surface area contributed by atoms with Crippen LogP contribution in [0.25, 0.3) is 0 Å². The van der Waals surface area contributed by atoms with Crippen LogP contribution in [0, 0.1) is 0 Å². The lowest BCUT2D eigenvalue weighted by Crippen LogP contribution is -2.54. The Kier molecular flexibility index (Phi) is 8.70. The highest BCUT2D eigenvalue weighted by Crippen LogP contribution is 2.56. The van der Waals surface area contributed by atoms with Crippen LogP contribution in [0.3, 0.4) is 0 Å². The number of hydrogen-bond acceptors (Lipinski definition) is 4. The zero-order valence-corrected chi connectivity index (χ0v) is 22.6. The number of halogens is 6. The van der Waals surface area contributed by atoms with E-state index in [1.807, 2.05) is 0 Å². The molecule has 0 heterocycles. The van der Waals surface area contributed by atoms with Crippen molar-refractivity contribution in [1.82, 2.24) is 0 Å². The number of carbonyl (C=O) groups excluding carboxylic acids is 2. The molecule has 0 saturated heterocycles. The number of amides is 2. The Morgan fingerprint density at radius 1 is 0.488 bits per heavy atom. The van der Waals surface area contributed by atoms with Crippen LogP contribution in [0.2, 0.25) is 0 Å². The third-order valence-corrected chi connectivity index (χ3v) is 6.25. The number of ether oxygens (including phenoxy) is 2. The van der Waals surface area contributed by atoms with Crippen LogP contribution in [-0.4, -0.2) is 24.2 Å². The van der Waals surface area contributed by atoms with Crippen LogP contribution in [0.5, 0.6) is 23.0 Å². The molecule has 0 unspecified atom stereocenters. The van der Waals surface area contributed by atoms with E-state index in [9.17, 15) is 35.9 Å². The first-order valence-corrected chi connectivity index (χ1v) is 12.6. The lowest BCUT2D eigenvalue weighted by molar-refractivity contribution is -0.288. The van der Waals surface area contributed by atoms with Crippen molar-refractivity contribution in [1.29, 1.82) is 0 Å². The molecular formula is C31H24F6N2O4. The molecule has 4 aromatic carbocycles. The Hall–Kier alpha value is -5.00. The minimum atomic E-state index is -5.77. The van der Waals surface area contributed by atoms with Gasteiger partial charge < -0.3 is 20.1 Å².